The Kier molecular flexibility index (Phi) is 5.66. The molecule has 4 rings (SSSR count). The van der Waals surface area contributed by atoms with Crippen LogP contribution in [-0.2, 0) is 11.3 Å². The summed E-state index contributed by atoms with van der Waals surface area (Å²) in [7, 11) is 0. The predicted octanol–water partition coefficient (Wildman–Crippen LogP) is 2.74. The van der Waals surface area contributed by atoms with Crippen LogP contribution in [0.2, 0.25) is 0 Å². The number of unbranched alkanes of at least 4 members (excludes halogenated alkanes) is 1. The molecule has 0 aliphatic rings. The van der Waals surface area contributed by atoms with Gasteiger partial charge in [0.1, 0.15) is 23.3 Å². The number of nitrogens with zero attached hydrogens (tertiary/aromatic N) is 5. The average molecular weight is 422 g/mol. The van der Waals surface area contributed by atoms with Gasteiger partial charge in [-0.1, -0.05) is 13.3 Å². The summed E-state index contributed by atoms with van der Waals surface area (Å²) >= 11 is 0. The lowest BCUT2D eigenvalue weighted by molar-refractivity contribution is -0.121. The molecule has 0 saturated heterocycles. The molecule has 0 bridgehead atoms. The van der Waals surface area contributed by atoms with Crippen LogP contribution in [0.15, 0.2) is 53.6 Å². The average Bonchev–Trinajstić information content (AvgIpc) is 3.40. The highest BCUT2D eigenvalue weighted by atomic mass is 19.1. The summed E-state index contributed by atoms with van der Waals surface area (Å²) < 4.78 is 18.0. The second kappa shape index (κ2) is 8.55. The van der Waals surface area contributed by atoms with Gasteiger partial charge in [0.2, 0.25) is 5.91 Å². The van der Waals surface area contributed by atoms with Crippen molar-refractivity contribution >= 4 is 16.8 Å². The molecule has 0 aliphatic carbocycles. The van der Waals surface area contributed by atoms with Gasteiger partial charge in [0.25, 0.3) is 5.56 Å². The van der Waals surface area contributed by atoms with Gasteiger partial charge in [0, 0.05) is 18.9 Å². The minimum absolute atomic E-state index is 0.174. The second-order valence-corrected chi connectivity index (χ2v) is 7.28. The third-order valence-corrected chi connectivity index (χ3v) is 4.99. The highest BCUT2D eigenvalue weighted by molar-refractivity contribution is 5.88. The Bertz CT molecular complexity index is 1270. The van der Waals surface area contributed by atoms with Gasteiger partial charge >= 0.3 is 0 Å². The Labute approximate surface area is 177 Å². The molecule has 0 unspecified atom stereocenters. The van der Waals surface area contributed by atoms with E-state index in [4.69, 9.17) is 0 Å². The summed E-state index contributed by atoms with van der Waals surface area (Å²) in [5, 5.41) is 12.1. The van der Waals surface area contributed by atoms with E-state index in [1.807, 2.05) is 19.1 Å². The van der Waals surface area contributed by atoms with Crippen LogP contribution < -0.4 is 10.9 Å². The van der Waals surface area contributed by atoms with E-state index in [0.717, 1.165) is 12.8 Å². The van der Waals surface area contributed by atoms with Crippen molar-refractivity contribution < 1.29 is 9.18 Å². The Morgan fingerprint density at radius 3 is 2.52 bits per heavy atom. The third kappa shape index (κ3) is 3.98. The fourth-order valence-electron chi connectivity index (χ4n) is 3.44. The molecule has 0 atom stereocenters. The smallest absolute Gasteiger partial charge is 0.280 e. The van der Waals surface area contributed by atoms with Crippen LogP contribution in [0.4, 0.5) is 4.39 Å². The number of aryl methyl sites for hydroxylation is 1. The van der Waals surface area contributed by atoms with Crippen LogP contribution in [0, 0.1) is 12.7 Å². The third-order valence-electron chi connectivity index (χ3n) is 4.99. The molecular formula is C22H23FN6O2. The zero-order chi connectivity index (χ0) is 22.0. The van der Waals surface area contributed by atoms with Gasteiger partial charge < -0.3 is 9.88 Å². The predicted molar refractivity (Wildman–Crippen MR) is 115 cm³/mol. The molecule has 1 amide bonds. The highest BCUT2D eigenvalue weighted by Gasteiger charge is 2.22. The van der Waals surface area contributed by atoms with Crippen molar-refractivity contribution in [1.82, 2.24) is 29.4 Å². The summed E-state index contributed by atoms with van der Waals surface area (Å²) in [6.07, 6.45) is 5.43. The summed E-state index contributed by atoms with van der Waals surface area (Å²) in [6, 6.07) is 9.53. The molecule has 0 fully saturated rings. The summed E-state index contributed by atoms with van der Waals surface area (Å²) in [6.45, 7) is 4.17. The van der Waals surface area contributed by atoms with Crippen molar-refractivity contribution in [3.8, 4) is 11.5 Å². The van der Waals surface area contributed by atoms with Gasteiger partial charge in [-0.3, -0.25) is 9.59 Å². The number of aromatic nitrogens is 5. The van der Waals surface area contributed by atoms with E-state index in [0.29, 0.717) is 34.6 Å². The Morgan fingerprint density at radius 2 is 1.84 bits per heavy atom. The van der Waals surface area contributed by atoms with Crippen molar-refractivity contribution in [2.45, 2.75) is 33.2 Å². The molecule has 3 aromatic heterocycles. The van der Waals surface area contributed by atoms with E-state index < -0.39 is 5.56 Å². The molecule has 31 heavy (non-hydrogen) atoms. The van der Waals surface area contributed by atoms with Crippen molar-refractivity contribution in [2.24, 2.45) is 0 Å². The number of halogens is 1. The number of carbonyl (C=O) groups is 1. The molecule has 4 aromatic rings. The monoisotopic (exact) mass is 422 g/mol. The number of amides is 1. The summed E-state index contributed by atoms with van der Waals surface area (Å²) in [4.78, 5) is 25.6. The number of hydrogen-bond donors (Lipinski definition) is 1. The van der Waals surface area contributed by atoms with Crippen molar-refractivity contribution in [3.05, 3.63) is 70.7 Å². The maximum Gasteiger partial charge on any atom is 0.280 e. The molecule has 1 aromatic carbocycles. The number of benzene rings is 1. The second-order valence-electron chi connectivity index (χ2n) is 7.28. The molecule has 8 nitrogen and oxygen atoms in total. The lowest BCUT2D eigenvalue weighted by atomic mass is 10.2. The van der Waals surface area contributed by atoms with Crippen LogP contribution in [0.5, 0.6) is 0 Å². The number of fused-ring (bicyclic) bond motifs is 1. The molecule has 0 aliphatic heterocycles. The minimum atomic E-state index is -0.414. The molecule has 0 spiro atoms. The highest BCUT2D eigenvalue weighted by Crippen LogP contribution is 2.24. The largest absolute Gasteiger partial charge is 0.354 e. The maximum absolute atomic E-state index is 13.5. The van der Waals surface area contributed by atoms with Crippen molar-refractivity contribution in [3.63, 3.8) is 0 Å². The van der Waals surface area contributed by atoms with Gasteiger partial charge in [-0.2, -0.15) is 10.2 Å². The lowest BCUT2D eigenvalue weighted by Crippen LogP contribution is -2.34. The van der Waals surface area contributed by atoms with Gasteiger partial charge in [-0.05, 0) is 49.7 Å². The molecule has 0 saturated carbocycles. The lowest BCUT2D eigenvalue weighted by Gasteiger charge is -2.10. The Hall–Kier alpha value is -3.75. The molecular weight excluding hydrogens is 399 g/mol. The van der Waals surface area contributed by atoms with Gasteiger partial charge in [0.05, 0.1) is 11.4 Å². The summed E-state index contributed by atoms with van der Waals surface area (Å²) in [5.41, 5.74) is 1.14. The fourth-order valence-corrected chi connectivity index (χ4v) is 3.44. The van der Waals surface area contributed by atoms with E-state index in [-0.39, 0.29) is 18.3 Å². The van der Waals surface area contributed by atoms with Gasteiger partial charge in [-0.25, -0.2) is 13.8 Å². The molecule has 0 radical (unpaired) electrons. The summed E-state index contributed by atoms with van der Waals surface area (Å²) in [5.74, 6) is -0.130. The van der Waals surface area contributed by atoms with Crippen LogP contribution in [0.3, 0.4) is 0 Å². The number of carbonyl (C=O) groups excluding carboxylic acids is 1. The first-order chi connectivity index (χ1) is 15.0. The molecule has 1 N–H and O–H groups in total. The van der Waals surface area contributed by atoms with Crippen molar-refractivity contribution in [1.29, 1.82) is 0 Å². The van der Waals surface area contributed by atoms with Gasteiger partial charge in [0.15, 0.2) is 5.82 Å². The first-order valence-electron chi connectivity index (χ1n) is 10.2. The van der Waals surface area contributed by atoms with Crippen LogP contribution in [0.1, 0.15) is 25.5 Å². The van der Waals surface area contributed by atoms with Crippen molar-refractivity contribution in [2.75, 3.05) is 6.54 Å². The number of hydrogen-bond acceptors (Lipinski definition) is 4. The first kappa shape index (κ1) is 20.5. The zero-order valence-corrected chi connectivity index (χ0v) is 17.4. The quantitative estimate of drug-likeness (QED) is 0.464. The standard InChI is InChI=1S/C22H23FN6O2/c1-3-4-11-24-18(30)14-28-22(31)19-20(15(2)25-28)26-29(17-9-7-16(23)8-10-17)21(19)27-12-5-6-13-27/h5-10,12-13H,3-4,11,14H2,1-2H3,(H,24,30). The molecule has 160 valence electrons. The van der Waals surface area contributed by atoms with E-state index >= 15 is 0 Å². The Morgan fingerprint density at radius 1 is 1.13 bits per heavy atom. The number of rotatable bonds is 7. The van der Waals surface area contributed by atoms with Gasteiger partial charge in [-0.15, -0.1) is 0 Å². The molecule has 9 heteroatoms. The van der Waals surface area contributed by atoms with Crippen LogP contribution in [0.25, 0.3) is 22.4 Å². The Balaban J connectivity index is 1.88. The number of nitrogens with one attached hydrogen (secondary N) is 1. The maximum atomic E-state index is 13.5. The van der Waals surface area contributed by atoms with E-state index in [1.54, 1.807) is 40.7 Å². The normalized spacial score (nSPS) is 11.2. The minimum Gasteiger partial charge on any atom is -0.354 e. The fraction of sp³-hybridized carbons (Fsp3) is 0.273. The van der Waals surface area contributed by atoms with E-state index in [1.165, 1.54) is 16.8 Å². The van der Waals surface area contributed by atoms with E-state index in [9.17, 15) is 14.0 Å². The van der Waals surface area contributed by atoms with E-state index in [2.05, 4.69) is 15.5 Å². The molecule has 3 heterocycles. The van der Waals surface area contributed by atoms with Crippen LogP contribution in [-0.4, -0.2) is 36.6 Å². The first-order valence-corrected chi connectivity index (χ1v) is 10.2. The van der Waals surface area contributed by atoms with Crippen LogP contribution >= 0.6 is 0 Å². The SMILES string of the molecule is CCCCNC(=O)Cn1nc(C)c2nn(-c3ccc(F)cc3)c(-n3cccc3)c2c1=O. The zero-order valence-electron chi connectivity index (χ0n) is 17.4. The topological polar surface area (TPSA) is 86.7 Å².